The van der Waals surface area contributed by atoms with Gasteiger partial charge in [-0.25, -0.2) is 4.79 Å². The molecule has 4 nitrogen and oxygen atoms in total. The number of carboxylic acids is 1. The van der Waals surface area contributed by atoms with Gasteiger partial charge in [0.1, 0.15) is 0 Å². The van der Waals surface area contributed by atoms with E-state index in [1.54, 1.807) is 29.5 Å². The van der Waals surface area contributed by atoms with Crippen LogP contribution in [0.1, 0.15) is 46.1 Å². The number of aromatic carboxylic acids is 1. The molecule has 1 fully saturated rings. The lowest BCUT2D eigenvalue weighted by Gasteiger charge is -2.46. The lowest BCUT2D eigenvalue weighted by Crippen LogP contribution is -2.45. The van der Waals surface area contributed by atoms with E-state index in [0.717, 1.165) is 24.8 Å². The van der Waals surface area contributed by atoms with E-state index in [1.807, 2.05) is 12.1 Å². The molecule has 0 aliphatic heterocycles. The third-order valence-electron chi connectivity index (χ3n) is 4.79. The van der Waals surface area contributed by atoms with Crippen LogP contribution in [0.5, 0.6) is 0 Å². The highest BCUT2D eigenvalue weighted by Crippen LogP contribution is 2.50. The lowest BCUT2D eigenvalue weighted by atomic mass is 9.64. The second kappa shape index (κ2) is 6.83. The molecule has 1 atom stereocenters. The van der Waals surface area contributed by atoms with Gasteiger partial charge in [-0.1, -0.05) is 24.6 Å². The standard InChI is InChI=1S/C18H21NO3S/c20-12-18(7-3-8-18)16(15-6-2-9-23-15)19-11-13-4-1-5-14(10-13)17(21)22/h1-2,4-6,9-10,16,19-20H,3,7-8,11-12H2,(H,21,22). The summed E-state index contributed by atoms with van der Waals surface area (Å²) >= 11 is 1.70. The molecule has 23 heavy (non-hydrogen) atoms. The summed E-state index contributed by atoms with van der Waals surface area (Å²) in [6.45, 7) is 0.767. The Bertz CT molecular complexity index is 659. The second-order valence-electron chi connectivity index (χ2n) is 6.21. The van der Waals surface area contributed by atoms with Gasteiger partial charge in [0.25, 0.3) is 0 Å². The summed E-state index contributed by atoms with van der Waals surface area (Å²) in [5.41, 5.74) is 1.16. The Morgan fingerprint density at radius 1 is 1.30 bits per heavy atom. The number of carboxylic acid groups (broad SMARTS) is 1. The van der Waals surface area contributed by atoms with Crippen molar-refractivity contribution in [2.24, 2.45) is 5.41 Å². The van der Waals surface area contributed by atoms with Crippen LogP contribution in [0.2, 0.25) is 0 Å². The van der Waals surface area contributed by atoms with Crippen molar-refractivity contribution in [1.82, 2.24) is 5.32 Å². The molecule has 0 radical (unpaired) electrons. The van der Waals surface area contributed by atoms with Crippen LogP contribution in [0.15, 0.2) is 41.8 Å². The van der Waals surface area contributed by atoms with Crippen LogP contribution in [0.3, 0.4) is 0 Å². The van der Waals surface area contributed by atoms with Gasteiger partial charge in [0.2, 0.25) is 0 Å². The van der Waals surface area contributed by atoms with Gasteiger partial charge in [-0.3, -0.25) is 0 Å². The minimum Gasteiger partial charge on any atom is -0.478 e. The quantitative estimate of drug-likeness (QED) is 0.727. The number of nitrogens with one attached hydrogen (secondary N) is 1. The molecule has 3 rings (SSSR count). The number of hydrogen-bond donors (Lipinski definition) is 3. The van der Waals surface area contributed by atoms with Crippen LogP contribution in [0.25, 0.3) is 0 Å². The molecule has 3 N–H and O–H groups in total. The van der Waals surface area contributed by atoms with Gasteiger partial charge in [-0.05, 0) is 42.0 Å². The van der Waals surface area contributed by atoms with E-state index in [9.17, 15) is 9.90 Å². The highest BCUT2D eigenvalue weighted by Gasteiger charge is 2.44. The highest BCUT2D eigenvalue weighted by molar-refractivity contribution is 7.10. The average molecular weight is 331 g/mol. The van der Waals surface area contributed by atoms with Crippen molar-refractivity contribution < 1.29 is 15.0 Å². The van der Waals surface area contributed by atoms with Crippen molar-refractivity contribution in [2.45, 2.75) is 31.8 Å². The lowest BCUT2D eigenvalue weighted by molar-refractivity contribution is 0.00577. The van der Waals surface area contributed by atoms with Crippen LogP contribution >= 0.6 is 11.3 Å². The zero-order valence-electron chi connectivity index (χ0n) is 12.9. The summed E-state index contributed by atoms with van der Waals surface area (Å²) in [6.07, 6.45) is 3.20. The maximum atomic E-state index is 11.1. The van der Waals surface area contributed by atoms with Gasteiger partial charge in [-0.2, -0.15) is 0 Å². The summed E-state index contributed by atoms with van der Waals surface area (Å²) in [4.78, 5) is 12.3. The molecule has 1 saturated carbocycles. The molecule has 0 saturated heterocycles. The topological polar surface area (TPSA) is 69.6 Å². The summed E-state index contributed by atoms with van der Waals surface area (Å²) in [7, 11) is 0. The first-order chi connectivity index (χ1) is 11.1. The molecule has 1 aromatic carbocycles. The van der Waals surface area contributed by atoms with E-state index < -0.39 is 5.97 Å². The highest BCUT2D eigenvalue weighted by atomic mass is 32.1. The van der Waals surface area contributed by atoms with Crippen LogP contribution in [0.4, 0.5) is 0 Å². The molecule has 0 amide bonds. The zero-order chi connectivity index (χ0) is 16.3. The minimum absolute atomic E-state index is 0.0880. The van der Waals surface area contributed by atoms with Gasteiger partial charge in [0, 0.05) is 22.9 Å². The maximum absolute atomic E-state index is 11.1. The summed E-state index contributed by atoms with van der Waals surface area (Å²) in [6, 6.07) is 11.2. The van der Waals surface area contributed by atoms with E-state index in [1.165, 1.54) is 4.88 Å². The molecule has 1 aromatic heterocycles. The normalized spacial score (nSPS) is 17.4. The molecule has 1 unspecified atom stereocenters. The van der Waals surface area contributed by atoms with Gasteiger partial charge in [0.05, 0.1) is 12.2 Å². The average Bonchev–Trinajstić information content (AvgIpc) is 3.04. The van der Waals surface area contributed by atoms with E-state index in [-0.39, 0.29) is 18.1 Å². The Hall–Kier alpha value is -1.69. The van der Waals surface area contributed by atoms with Gasteiger partial charge < -0.3 is 15.5 Å². The Balaban J connectivity index is 1.77. The third kappa shape index (κ3) is 3.32. The molecule has 2 aromatic rings. The van der Waals surface area contributed by atoms with Gasteiger partial charge in [0.15, 0.2) is 0 Å². The number of aliphatic hydroxyl groups is 1. The molecule has 122 valence electrons. The van der Waals surface area contributed by atoms with Crippen molar-refractivity contribution in [1.29, 1.82) is 0 Å². The number of rotatable bonds is 7. The summed E-state index contributed by atoms with van der Waals surface area (Å²) < 4.78 is 0. The molecule has 1 heterocycles. The van der Waals surface area contributed by atoms with E-state index in [2.05, 4.69) is 16.8 Å². The monoisotopic (exact) mass is 331 g/mol. The Morgan fingerprint density at radius 3 is 2.70 bits per heavy atom. The van der Waals surface area contributed by atoms with Crippen LogP contribution in [0, 0.1) is 5.41 Å². The first kappa shape index (κ1) is 16.2. The predicted octanol–water partition coefficient (Wildman–Crippen LogP) is 3.44. The zero-order valence-corrected chi connectivity index (χ0v) is 13.7. The Labute approximate surface area is 139 Å². The van der Waals surface area contributed by atoms with Gasteiger partial charge in [-0.15, -0.1) is 11.3 Å². The van der Waals surface area contributed by atoms with Crippen molar-refractivity contribution >= 4 is 17.3 Å². The molecule has 5 heteroatoms. The fourth-order valence-electron chi connectivity index (χ4n) is 3.28. The third-order valence-corrected chi connectivity index (χ3v) is 5.73. The first-order valence-electron chi connectivity index (χ1n) is 7.84. The number of thiophene rings is 1. The minimum atomic E-state index is -0.910. The fraction of sp³-hybridized carbons (Fsp3) is 0.389. The molecular formula is C18H21NO3S. The largest absolute Gasteiger partial charge is 0.478 e. The van der Waals surface area contributed by atoms with E-state index >= 15 is 0 Å². The van der Waals surface area contributed by atoms with Gasteiger partial charge >= 0.3 is 5.97 Å². The number of hydrogen-bond acceptors (Lipinski definition) is 4. The molecular weight excluding hydrogens is 310 g/mol. The molecule has 0 bridgehead atoms. The fourth-order valence-corrected chi connectivity index (χ4v) is 4.22. The SMILES string of the molecule is O=C(O)c1cccc(CNC(c2cccs2)C2(CO)CCC2)c1. The molecule has 1 aliphatic rings. The van der Waals surface area contributed by atoms with Crippen molar-refractivity contribution in [3.63, 3.8) is 0 Å². The van der Waals surface area contributed by atoms with Crippen LogP contribution < -0.4 is 5.32 Å². The van der Waals surface area contributed by atoms with Crippen molar-refractivity contribution in [3.05, 3.63) is 57.8 Å². The number of carbonyl (C=O) groups is 1. The number of benzene rings is 1. The summed E-state index contributed by atoms with van der Waals surface area (Å²) in [5, 5.41) is 24.6. The smallest absolute Gasteiger partial charge is 0.335 e. The van der Waals surface area contributed by atoms with Crippen molar-refractivity contribution in [3.8, 4) is 0 Å². The first-order valence-corrected chi connectivity index (χ1v) is 8.72. The van der Waals surface area contributed by atoms with Crippen LogP contribution in [-0.2, 0) is 6.54 Å². The van der Waals surface area contributed by atoms with E-state index in [4.69, 9.17) is 5.11 Å². The molecule has 0 spiro atoms. The predicted molar refractivity (Wildman–Crippen MR) is 90.7 cm³/mol. The Kier molecular flexibility index (Phi) is 4.80. The second-order valence-corrected chi connectivity index (χ2v) is 7.19. The Morgan fingerprint density at radius 2 is 2.13 bits per heavy atom. The van der Waals surface area contributed by atoms with Crippen LogP contribution in [-0.4, -0.2) is 22.8 Å². The maximum Gasteiger partial charge on any atom is 0.335 e. The number of aliphatic hydroxyl groups excluding tert-OH is 1. The van der Waals surface area contributed by atoms with E-state index in [0.29, 0.717) is 12.1 Å². The molecule has 1 aliphatic carbocycles. The van der Waals surface area contributed by atoms with Crippen molar-refractivity contribution in [2.75, 3.05) is 6.61 Å². The summed E-state index contributed by atoms with van der Waals surface area (Å²) in [5.74, 6) is -0.910.